The third kappa shape index (κ3) is 3.24. The van der Waals surface area contributed by atoms with Gasteiger partial charge in [-0.3, -0.25) is 9.59 Å². The van der Waals surface area contributed by atoms with Crippen LogP contribution in [0.25, 0.3) is 11.1 Å². The predicted octanol–water partition coefficient (Wildman–Crippen LogP) is 3.95. The molecule has 0 bridgehead atoms. The molecule has 1 aromatic carbocycles. The number of ketones is 1. The minimum absolute atomic E-state index is 0.0969. The molecule has 0 aliphatic heterocycles. The van der Waals surface area contributed by atoms with Crippen LogP contribution in [0.1, 0.15) is 42.4 Å². The largest absolute Gasteiger partial charge is 0.465 e. The number of esters is 1. The Morgan fingerprint density at radius 1 is 1.39 bits per heavy atom. The number of nitrogens with zero attached hydrogens (tertiary/aromatic N) is 1. The third-order valence-electron chi connectivity index (χ3n) is 4.01. The lowest BCUT2D eigenvalue weighted by Gasteiger charge is -2.04. The molecule has 0 spiro atoms. The van der Waals surface area contributed by atoms with Crippen molar-refractivity contribution in [3.8, 4) is 0 Å². The van der Waals surface area contributed by atoms with Gasteiger partial charge in [0.15, 0.2) is 17.3 Å². The van der Waals surface area contributed by atoms with Crippen LogP contribution in [0.15, 0.2) is 16.5 Å². The van der Waals surface area contributed by atoms with Gasteiger partial charge in [0, 0.05) is 18.4 Å². The molecule has 0 N–H and O–H groups in total. The number of aryl methyl sites for hydroxylation is 1. The first-order valence-corrected chi connectivity index (χ1v) is 8.16. The van der Waals surface area contributed by atoms with Gasteiger partial charge in [-0.2, -0.15) is 0 Å². The lowest BCUT2D eigenvalue weighted by atomic mass is 10.1. The number of aromatic nitrogens is 1. The summed E-state index contributed by atoms with van der Waals surface area (Å²) in [7, 11) is 0. The number of hydrogen-bond acceptors (Lipinski definition) is 5. The lowest BCUT2D eigenvalue weighted by Crippen LogP contribution is -2.12. The fourth-order valence-electron chi connectivity index (χ4n) is 2.63. The molecule has 1 heterocycles. The zero-order chi connectivity index (χ0) is 16.6. The fourth-order valence-corrected chi connectivity index (χ4v) is 2.88. The Bertz CT molecular complexity index is 767. The maximum Gasteiger partial charge on any atom is 0.309 e. The minimum Gasteiger partial charge on any atom is -0.465 e. The molecule has 2 aromatic rings. The normalized spacial score (nSPS) is 19.8. The molecule has 1 fully saturated rings. The summed E-state index contributed by atoms with van der Waals surface area (Å²) in [6.07, 6.45) is 2.35. The monoisotopic (exact) mass is 335 g/mol. The smallest absolute Gasteiger partial charge is 0.309 e. The van der Waals surface area contributed by atoms with Gasteiger partial charge in [-0.15, -0.1) is 0 Å². The standard InChI is InChI=1S/C17H18ClNO4/c1-3-4-5-22-17(21)12-8-11(12)16(20)10-6-13(18)15-14(7-10)23-9(2)19-15/h6-7,11-12H,3-5,8H2,1-2H3/t11-,12-/m0/s1. The molecule has 0 unspecified atom stereocenters. The quantitative estimate of drug-likeness (QED) is 0.454. The highest BCUT2D eigenvalue weighted by Gasteiger charge is 2.49. The van der Waals surface area contributed by atoms with Gasteiger partial charge >= 0.3 is 5.97 Å². The molecular formula is C17H18ClNO4. The number of rotatable bonds is 6. The van der Waals surface area contributed by atoms with E-state index in [9.17, 15) is 9.59 Å². The maximum absolute atomic E-state index is 12.5. The summed E-state index contributed by atoms with van der Waals surface area (Å²) in [5.74, 6) is -0.526. The number of oxazole rings is 1. The molecule has 122 valence electrons. The summed E-state index contributed by atoms with van der Waals surface area (Å²) in [5, 5.41) is 0.380. The first kappa shape index (κ1) is 16.0. The number of ether oxygens (including phenoxy) is 1. The number of carbonyl (C=O) groups is 2. The summed E-state index contributed by atoms with van der Waals surface area (Å²) >= 11 is 6.16. The van der Waals surface area contributed by atoms with E-state index in [2.05, 4.69) is 4.98 Å². The van der Waals surface area contributed by atoms with Gasteiger partial charge in [0.25, 0.3) is 0 Å². The van der Waals surface area contributed by atoms with Crippen LogP contribution in [0.3, 0.4) is 0 Å². The molecule has 3 rings (SSSR count). The van der Waals surface area contributed by atoms with Crippen LogP contribution in [0.2, 0.25) is 5.02 Å². The first-order valence-electron chi connectivity index (χ1n) is 7.78. The zero-order valence-corrected chi connectivity index (χ0v) is 13.9. The molecule has 0 amide bonds. The van der Waals surface area contributed by atoms with Crippen LogP contribution in [-0.4, -0.2) is 23.3 Å². The van der Waals surface area contributed by atoms with Crippen molar-refractivity contribution in [1.82, 2.24) is 4.98 Å². The Morgan fingerprint density at radius 2 is 2.17 bits per heavy atom. The Hall–Kier alpha value is -1.88. The number of unbranched alkanes of at least 4 members (excludes halogenated alkanes) is 1. The van der Waals surface area contributed by atoms with Crippen molar-refractivity contribution in [2.75, 3.05) is 6.61 Å². The highest BCUT2D eigenvalue weighted by Crippen LogP contribution is 2.42. The molecule has 0 radical (unpaired) electrons. The highest BCUT2D eigenvalue weighted by molar-refractivity contribution is 6.35. The van der Waals surface area contributed by atoms with E-state index in [4.69, 9.17) is 20.8 Å². The average Bonchev–Trinajstić information content (AvgIpc) is 3.22. The molecule has 23 heavy (non-hydrogen) atoms. The lowest BCUT2D eigenvalue weighted by molar-refractivity contribution is -0.145. The van der Waals surface area contributed by atoms with E-state index < -0.39 is 0 Å². The average molecular weight is 336 g/mol. The number of hydrogen-bond donors (Lipinski definition) is 0. The third-order valence-corrected chi connectivity index (χ3v) is 4.30. The van der Waals surface area contributed by atoms with Gasteiger partial charge in [-0.1, -0.05) is 24.9 Å². The van der Waals surface area contributed by atoms with Crippen LogP contribution in [0, 0.1) is 18.8 Å². The van der Waals surface area contributed by atoms with Crippen molar-refractivity contribution >= 4 is 34.5 Å². The van der Waals surface area contributed by atoms with E-state index in [0.717, 1.165) is 12.8 Å². The van der Waals surface area contributed by atoms with Gasteiger partial charge in [0.1, 0.15) is 5.52 Å². The van der Waals surface area contributed by atoms with Crippen molar-refractivity contribution in [3.05, 3.63) is 28.6 Å². The topological polar surface area (TPSA) is 69.4 Å². The number of carbonyl (C=O) groups excluding carboxylic acids is 2. The fraction of sp³-hybridized carbons (Fsp3) is 0.471. The number of fused-ring (bicyclic) bond motifs is 1. The van der Waals surface area contributed by atoms with Gasteiger partial charge in [0.2, 0.25) is 0 Å². The molecule has 0 saturated heterocycles. The summed E-state index contributed by atoms with van der Waals surface area (Å²) in [5.41, 5.74) is 1.49. The molecule has 1 aliphatic rings. The summed E-state index contributed by atoms with van der Waals surface area (Å²) in [4.78, 5) is 28.6. The molecule has 1 saturated carbocycles. The van der Waals surface area contributed by atoms with E-state index in [0.29, 0.717) is 40.6 Å². The minimum atomic E-state index is -0.328. The van der Waals surface area contributed by atoms with Crippen LogP contribution in [0.5, 0.6) is 0 Å². The molecule has 1 aliphatic carbocycles. The van der Waals surface area contributed by atoms with Gasteiger partial charge in [-0.05, 0) is 25.0 Å². The van der Waals surface area contributed by atoms with Gasteiger partial charge < -0.3 is 9.15 Å². The first-order chi connectivity index (χ1) is 11.0. The molecule has 1 aromatic heterocycles. The van der Waals surface area contributed by atoms with Crippen LogP contribution in [-0.2, 0) is 9.53 Å². The van der Waals surface area contributed by atoms with Crippen molar-refractivity contribution in [1.29, 1.82) is 0 Å². The van der Waals surface area contributed by atoms with Gasteiger partial charge in [0.05, 0.1) is 17.5 Å². The Balaban J connectivity index is 1.71. The molecule has 5 nitrogen and oxygen atoms in total. The zero-order valence-electron chi connectivity index (χ0n) is 13.1. The van der Waals surface area contributed by atoms with E-state index in [-0.39, 0.29) is 23.6 Å². The van der Waals surface area contributed by atoms with Crippen molar-refractivity contribution < 1.29 is 18.7 Å². The van der Waals surface area contributed by atoms with Crippen LogP contribution < -0.4 is 0 Å². The molecule has 6 heteroatoms. The van der Waals surface area contributed by atoms with E-state index in [1.54, 1.807) is 19.1 Å². The highest BCUT2D eigenvalue weighted by atomic mass is 35.5. The summed E-state index contributed by atoms with van der Waals surface area (Å²) in [6, 6.07) is 3.23. The van der Waals surface area contributed by atoms with Crippen LogP contribution >= 0.6 is 11.6 Å². The van der Waals surface area contributed by atoms with Crippen molar-refractivity contribution in [2.24, 2.45) is 11.8 Å². The van der Waals surface area contributed by atoms with E-state index in [1.165, 1.54) is 0 Å². The van der Waals surface area contributed by atoms with E-state index in [1.807, 2.05) is 6.92 Å². The van der Waals surface area contributed by atoms with Crippen molar-refractivity contribution in [3.63, 3.8) is 0 Å². The summed E-state index contributed by atoms with van der Waals surface area (Å²) in [6.45, 7) is 4.17. The van der Waals surface area contributed by atoms with Gasteiger partial charge in [-0.25, -0.2) is 4.98 Å². The number of benzene rings is 1. The summed E-state index contributed by atoms with van der Waals surface area (Å²) < 4.78 is 10.6. The second kappa shape index (κ2) is 6.32. The molecular weight excluding hydrogens is 318 g/mol. The Morgan fingerprint density at radius 3 is 2.91 bits per heavy atom. The molecule has 2 atom stereocenters. The predicted molar refractivity (Wildman–Crippen MR) is 85.6 cm³/mol. The number of Topliss-reactive ketones (excluding diaryl/α,β-unsaturated/α-hetero) is 1. The second-order valence-electron chi connectivity index (χ2n) is 5.87. The Labute approximate surface area is 139 Å². The second-order valence-corrected chi connectivity index (χ2v) is 6.28. The van der Waals surface area contributed by atoms with Crippen molar-refractivity contribution in [2.45, 2.75) is 33.1 Å². The SMILES string of the molecule is CCCCOC(=O)[C@H]1C[C@@H]1C(=O)c1cc(Cl)c2nc(C)oc2c1. The maximum atomic E-state index is 12.5. The van der Waals surface area contributed by atoms with E-state index >= 15 is 0 Å². The Kier molecular flexibility index (Phi) is 4.39. The number of halogens is 1. The van der Waals surface area contributed by atoms with Crippen LogP contribution in [0.4, 0.5) is 0 Å².